The first-order valence-electron chi connectivity index (χ1n) is 7.79. The van der Waals surface area contributed by atoms with Crippen LogP contribution in [0.15, 0.2) is 35.7 Å². The van der Waals surface area contributed by atoms with Crippen LogP contribution in [0.1, 0.15) is 63.2 Å². The highest BCUT2D eigenvalue weighted by atomic mass is 32.1. The van der Waals surface area contributed by atoms with Crippen molar-refractivity contribution in [3.63, 3.8) is 0 Å². The van der Waals surface area contributed by atoms with Crippen LogP contribution in [0.4, 0.5) is 0 Å². The number of rotatable bonds is 6. The van der Waals surface area contributed by atoms with Gasteiger partial charge in [-0.05, 0) is 48.6 Å². The topological polar surface area (TPSA) is 0 Å². The number of unbranched alkanes of at least 4 members (excludes halogenated alkanes) is 1. The molecule has 0 nitrogen and oxygen atoms in total. The third kappa shape index (κ3) is 4.99. The zero-order valence-corrected chi connectivity index (χ0v) is 12.9. The Morgan fingerprint density at radius 2 is 2.11 bits per heavy atom. The lowest BCUT2D eigenvalue weighted by molar-refractivity contribution is 0.420. The summed E-state index contributed by atoms with van der Waals surface area (Å²) in [6.07, 6.45) is 17.9. The van der Waals surface area contributed by atoms with Gasteiger partial charge in [-0.25, -0.2) is 0 Å². The van der Waals surface area contributed by atoms with Crippen molar-refractivity contribution in [2.75, 3.05) is 0 Å². The van der Waals surface area contributed by atoms with Crippen LogP contribution in [0.3, 0.4) is 0 Å². The summed E-state index contributed by atoms with van der Waals surface area (Å²) in [7, 11) is 0. The highest BCUT2D eigenvalue weighted by molar-refractivity contribution is 7.11. The number of allylic oxidation sites excluding steroid dienone is 4. The fraction of sp³-hybridized carbons (Fsp3) is 0.556. The summed E-state index contributed by atoms with van der Waals surface area (Å²) in [4.78, 5) is 1.46. The molecule has 2 rings (SSSR count). The minimum Gasteiger partial charge on any atom is -0.144 e. The summed E-state index contributed by atoms with van der Waals surface area (Å²) >= 11 is 1.88. The molecule has 1 aliphatic rings. The molecule has 0 aliphatic heterocycles. The van der Waals surface area contributed by atoms with E-state index in [1.165, 1.54) is 49.8 Å². The standard InChI is InChI=1S/C18H26S/c1-2-3-4-8-12-17(18-13-9-14-19-18)15-16-10-6-5-7-11-16/h4,8-9,13-16H,2-3,5-7,10-12H2,1H3/b8-4+,17-15+. The summed E-state index contributed by atoms with van der Waals surface area (Å²) in [6.45, 7) is 2.24. The van der Waals surface area contributed by atoms with Crippen molar-refractivity contribution >= 4 is 16.9 Å². The SMILES string of the molecule is CCC/C=C/C/C(=C\C1CCCCC1)c1cccs1. The molecule has 1 aliphatic carbocycles. The van der Waals surface area contributed by atoms with E-state index in [1.807, 2.05) is 11.3 Å². The molecule has 0 saturated heterocycles. The molecule has 1 heterocycles. The minimum absolute atomic E-state index is 0.824. The Kier molecular flexibility index (Phi) is 6.43. The van der Waals surface area contributed by atoms with E-state index in [1.54, 1.807) is 5.57 Å². The van der Waals surface area contributed by atoms with Crippen LogP contribution in [0.5, 0.6) is 0 Å². The van der Waals surface area contributed by atoms with E-state index >= 15 is 0 Å². The van der Waals surface area contributed by atoms with Gasteiger partial charge in [-0.15, -0.1) is 11.3 Å². The first kappa shape index (κ1) is 14.6. The van der Waals surface area contributed by atoms with Gasteiger partial charge in [-0.1, -0.05) is 56.9 Å². The number of hydrogen-bond donors (Lipinski definition) is 0. The van der Waals surface area contributed by atoms with Crippen LogP contribution in [-0.4, -0.2) is 0 Å². The summed E-state index contributed by atoms with van der Waals surface area (Å²) in [5.41, 5.74) is 1.55. The monoisotopic (exact) mass is 274 g/mol. The van der Waals surface area contributed by atoms with Crippen molar-refractivity contribution in [2.45, 2.75) is 58.3 Å². The second-order valence-electron chi connectivity index (χ2n) is 5.53. The molecule has 0 spiro atoms. The zero-order valence-electron chi connectivity index (χ0n) is 12.1. The molecule has 0 amide bonds. The van der Waals surface area contributed by atoms with Crippen molar-refractivity contribution in [3.8, 4) is 0 Å². The molecule has 0 radical (unpaired) electrons. The van der Waals surface area contributed by atoms with Crippen LogP contribution in [0, 0.1) is 5.92 Å². The van der Waals surface area contributed by atoms with E-state index in [0.29, 0.717) is 0 Å². The summed E-state index contributed by atoms with van der Waals surface area (Å²) < 4.78 is 0. The van der Waals surface area contributed by atoms with Gasteiger partial charge in [0.15, 0.2) is 0 Å². The summed E-state index contributed by atoms with van der Waals surface area (Å²) in [6, 6.07) is 4.44. The van der Waals surface area contributed by atoms with Gasteiger partial charge in [0, 0.05) is 4.88 Å². The molecule has 1 heteroatoms. The minimum atomic E-state index is 0.824. The Bertz CT molecular complexity index is 391. The van der Waals surface area contributed by atoms with E-state index in [9.17, 15) is 0 Å². The van der Waals surface area contributed by atoms with Gasteiger partial charge < -0.3 is 0 Å². The van der Waals surface area contributed by atoms with Gasteiger partial charge in [0.1, 0.15) is 0 Å². The van der Waals surface area contributed by atoms with E-state index in [2.05, 4.69) is 42.7 Å². The van der Waals surface area contributed by atoms with Crippen LogP contribution in [0.25, 0.3) is 5.57 Å². The van der Waals surface area contributed by atoms with Crippen molar-refractivity contribution in [1.29, 1.82) is 0 Å². The second-order valence-corrected chi connectivity index (χ2v) is 6.48. The number of thiophene rings is 1. The second kappa shape index (κ2) is 8.37. The average Bonchev–Trinajstić information content (AvgIpc) is 2.97. The molecule has 19 heavy (non-hydrogen) atoms. The molecular formula is C18H26S. The summed E-state index contributed by atoms with van der Waals surface area (Å²) in [5.74, 6) is 0.824. The van der Waals surface area contributed by atoms with Gasteiger partial charge in [0.05, 0.1) is 0 Å². The smallest absolute Gasteiger partial charge is 0.0302 e. The van der Waals surface area contributed by atoms with Crippen LogP contribution in [0.2, 0.25) is 0 Å². The Labute approximate surface area is 122 Å². The fourth-order valence-corrected chi connectivity index (χ4v) is 3.56. The molecule has 1 saturated carbocycles. The van der Waals surface area contributed by atoms with E-state index in [0.717, 1.165) is 12.3 Å². The fourth-order valence-electron chi connectivity index (χ4n) is 2.79. The highest BCUT2D eigenvalue weighted by Crippen LogP contribution is 2.31. The van der Waals surface area contributed by atoms with Gasteiger partial charge in [0.25, 0.3) is 0 Å². The normalized spacial score (nSPS) is 18.3. The van der Waals surface area contributed by atoms with Crippen LogP contribution >= 0.6 is 11.3 Å². The van der Waals surface area contributed by atoms with Crippen molar-refractivity contribution in [2.24, 2.45) is 5.92 Å². The van der Waals surface area contributed by atoms with E-state index in [4.69, 9.17) is 0 Å². The van der Waals surface area contributed by atoms with E-state index < -0.39 is 0 Å². The zero-order chi connectivity index (χ0) is 13.3. The molecule has 0 unspecified atom stereocenters. The Balaban J connectivity index is 2.03. The molecule has 0 atom stereocenters. The first-order chi connectivity index (χ1) is 9.40. The lowest BCUT2D eigenvalue weighted by Gasteiger charge is -2.19. The molecule has 1 aromatic heterocycles. The molecule has 104 valence electrons. The van der Waals surface area contributed by atoms with Gasteiger partial charge >= 0.3 is 0 Å². The molecule has 0 aromatic carbocycles. The van der Waals surface area contributed by atoms with Crippen molar-refractivity contribution in [3.05, 3.63) is 40.6 Å². The largest absolute Gasteiger partial charge is 0.144 e. The maximum absolute atomic E-state index is 2.57. The molecule has 1 aromatic rings. The highest BCUT2D eigenvalue weighted by Gasteiger charge is 2.12. The Morgan fingerprint density at radius 1 is 1.26 bits per heavy atom. The quantitative estimate of drug-likeness (QED) is 0.522. The third-order valence-corrected chi connectivity index (χ3v) is 4.83. The van der Waals surface area contributed by atoms with Gasteiger partial charge in [-0.2, -0.15) is 0 Å². The first-order valence-corrected chi connectivity index (χ1v) is 8.67. The Morgan fingerprint density at radius 3 is 2.79 bits per heavy atom. The average molecular weight is 274 g/mol. The van der Waals surface area contributed by atoms with Crippen molar-refractivity contribution < 1.29 is 0 Å². The van der Waals surface area contributed by atoms with Crippen molar-refractivity contribution in [1.82, 2.24) is 0 Å². The molecule has 0 bridgehead atoms. The molecular weight excluding hydrogens is 248 g/mol. The summed E-state index contributed by atoms with van der Waals surface area (Å²) in [5, 5.41) is 2.19. The lowest BCUT2D eigenvalue weighted by atomic mass is 9.87. The van der Waals surface area contributed by atoms with Crippen LogP contribution in [-0.2, 0) is 0 Å². The molecule has 1 fully saturated rings. The van der Waals surface area contributed by atoms with E-state index in [-0.39, 0.29) is 0 Å². The van der Waals surface area contributed by atoms with Gasteiger partial charge in [-0.3, -0.25) is 0 Å². The molecule has 0 N–H and O–H groups in total. The Hall–Kier alpha value is -0.820. The third-order valence-electron chi connectivity index (χ3n) is 3.88. The predicted octanol–water partition coefficient (Wildman–Crippen LogP) is 6.46. The lowest BCUT2D eigenvalue weighted by Crippen LogP contribution is -2.03. The predicted molar refractivity (Wildman–Crippen MR) is 87.5 cm³/mol. The van der Waals surface area contributed by atoms with Crippen LogP contribution < -0.4 is 0 Å². The maximum Gasteiger partial charge on any atom is 0.0302 e. The maximum atomic E-state index is 2.57. The van der Waals surface area contributed by atoms with Gasteiger partial charge in [0.2, 0.25) is 0 Å². The number of hydrogen-bond acceptors (Lipinski definition) is 1.